The molecule has 1 fully saturated rings. The lowest BCUT2D eigenvalue weighted by Crippen LogP contribution is -2.32. The van der Waals surface area contributed by atoms with Crippen LogP contribution in [0.1, 0.15) is 102 Å². The van der Waals surface area contributed by atoms with Crippen molar-refractivity contribution in [3.05, 3.63) is 23.8 Å². The third kappa shape index (κ3) is 5.80. The van der Waals surface area contributed by atoms with E-state index in [4.69, 9.17) is 0 Å². The van der Waals surface area contributed by atoms with Gasteiger partial charge in [-0.1, -0.05) is 58.8 Å². The lowest BCUT2D eigenvalue weighted by molar-refractivity contribution is 0.255. The summed E-state index contributed by atoms with van der Waals surface area (Å²) in [4.78, 5) is 9.23. The van der Waals surface area contributed by atoms with Crippen molar-refractivity contribution in [2.45, 2.75) is 103 Å². The van der Waals surface area contributed by atoms with Crippen molar-refractivity contribution in [1.29, 1.82) is 5.26 Å². The van der Waals surface area contributed by atoms with E-state index in [1.54, 1.807) is 0 Å². The molecule has 1 aromatic rings. The van der Waals surface area contributed by atoms with Gasteiger partial charge in [0, 0.05) is 12.4 Å². The van der Waals surface area contributed by atoms with Crippen LogP contribution in [0.5, 0.6) is 0 Å². The van der Waals surface area contributed by atoms with E-state index < -0.39 is 5.41 Å². The van der Waals surface area contributed by atoms with E-state index in [1.807, 2.05) is 12.4 Å². The topological polar surface area (TPSA) is 49.6 Å². The summed E-state index contributed by atoms with van der Waals surface area (Å²) in [5.74, 6) is 1.56. The minimum atomic E-state index is -0.442. The average molecular weight is 342 g/mol. The van der Waals surface area contributed by atoms with Gasteiger partial charge < -0.3 is 0 Å². The zero-order valence-corrected chi connectivity index (χ0v) is 16.3. The van der Waals surface area contributed by atoms with Crippen LogP contribution in [0.4, 0.5) is 0 Å². The molecule has 1 heterocycles. The monoisotopic (exact) mass is 341 g/mol. The number of hydrogen-bond donors (Lipinski definition) is 0. The molecular formula is C22H35N3. The van der Waals surface area contributed by atoms with Crippen LogP contribution in [-0.2, 0) is 11.8 Å². The predicted octanol–water partition coefficient (Wildman–Crippen LogP) is 6.13. The van der Waals surface area contributed by atoms with Gasteiger partial charge in [-0.3, -0.25) is 0 Å². The van der Waals surface area contributed by atoms with Gasteiger partial charge in [-0.2, -0.15) is 5.26 Å². The molecule has 0 N–H and O–H groups in total. The predicted molar refractivity (Wildman–Crippen MR) is 103 cm³/mol. The summed E-state index contributed by atoms with van der Waals surface area (Å²) in [6.07, 6.45) is 19.5. The van der Waals surface area contributed by atoms with Crippen LogP contribution < -0.4 is 0 Å². The van der Waals surface area contributed by atoms with Crippen molar-refractivity contribution in [3.8, 4) is 6.07 Å². The summed E-state index contributed by atoms with van der Waals surface area (Å²) in [6, 6.07) is 2.57. The fourth-order valence-electron chi connectivity index (χ4n) is 4.00. The van der Waals surface area contributed by atoms with Gasteiger partial charge in [0.2, 0.25) is 0 Å². The molecule has 0 unspecified atom stereocenters. The van der Waals surface area contributed by atoms with E-state index in [-0.39, 0.29) is 0 Å². The summed E-state index contributed by atoms with van der Waals surface area (Å²) in [7, 11) is 0. The second-order valence-electron chi connectivity index (χ2n) is 7.86. The molecule has 3 nitrogen and oxygen atoms in total. The van der Waals surface area contributed by atoms with Gasteiger partial charge in [0.15, 0.2) is 0 Å². The Morgan fingerprint density at radius 2 is 1.64 bits per heavy atom. The van der Waals surface area contributed by atoms with Crippen molar-refractivity contribution in [2.75, 3.05) is 0 Å². The minimum Gasteiger partial charge on any atom is -0.239 e. The Hall–Kier alpha value is -1.43. The zero-order valence-electron chi connectivity index (χ0n) is 16.3. The molecule has 0 saturated heterocycles. The summed E-state index contributed by atoms with van der Waals surface area (Å²) in [5.41, 5.74) is 0.771. The van der Waals surface area contributed by atoms with E-state index in [0.717, 1.165) is 43.8 Å². The molecule has 0 aromatic carbocycles. The number of aromatic nitrogens is 2. The first-order valence-corrected chi connectivity index (χ1v) is 10.5. The maximum absolute atomic E-state index is 9.82. The van der Waals surface area contributed by atoms with Gasteiger partial charge in [-0.05, 0) is 50.0 Å². The van der Waals surface area contributed by atoms with Crippen molar-refractivity contribution >= 4 is 0 Å². The number of hydrogen-bond acceptors (Lipinski definition) is 3. The van der Waals surface area contributed by atoms with Crippen LogP contribution in [0.25, 0.3) is 0 Å². The highest BCUT2D eigenvalue weighted by Crippen LogP contribution is 2.41. The molecule has 0 amide bonds. The maximum atomic E-state index is 9.82. The number of aryl methyl sites for hydroxylation is 1. The van der Waals surface area contributed by atoms with Crippen molar-refractivity contribution in [3.63, 3.8) is 0 Å². The third-order valence-corrected chi connectivity index (χ3v) is 5.84. The molecule has 0 radical (unpaired) electrons. The molecular weight excluding hydrogens is 306 g/mol. The van der Waals surface area contributed by atoms with Gasteiger partial charge in [0.25, 0.3) is 0 Å². The first-order chi connectivity index (χ1) is 12.2. The Labute approximate surface area is 154 Å². The van der Waals surface area contributed by atoms with Gasteiger partial charge in [-0.25, -0.2) is 9.97 Å². The highest BCUT2D eigenvalue weighted by molar-refractivity contribution is 5.22. The van der Waals surface area contributed by atoms with Gasteiger partial charge in [-0.15, -0.1) is 0 Å². The van der Waals surface area contributed by atoms with E-state index in [1.165, 1.54) is 56.9 Å². The molecule has 2 rings (SSSR count). The molecule has 1 saturated carbocycles. The van der Waals surface area contributed by atoms with Crippen LogP contribution in [-0.4, -0.2) is 9.97 Å². The Balaban J connectivity index is 1.88. The van der Waals surface area contributed by atoms with Crippen LogP contribution in [0.15, 0.2) is 12.4 Å². The molecule has 0 atom stereocenters. The van der Waals surface area contributed by atoms with Crippen LogP contribution in [0.3, 0.4) is 0 Å². The second-order valence-corrected chi connectivity index (χ2v) is 7.86. The number of nitrogens with zero attached hydrogens (tertiary/aromatic N) is 3. The van der Waals surface area contributed by atoms with Crippen molar-refractivity contribution in [1.82, 2.24) is 9.97 Å². The third-order valence-electron chi connectivity index (χ3n) is 5.84. The first kappa shape index (κ1) is 19.9. The standard InChI is InChI=1S/C22H35N3/c1-3-5-7-8-9-11-20-16-24-21(25-17-20)22(18-23)14-12-19(13-15-22)10-6-4-2/h16-17,19H,3-15H2,1-2H3. The lowest BCUT2D eigenvalue weighted by atomic mass is 9.69. The summed E-state index contributed by atoms with van der Waals surface area (Å²) in [6.45, 7) is 4.50. The van der Waals surface area contributed by atoms with Crippen molar-refractivity contribution < 1.29 is 0 Å². The smallest absolute Gasteiger partial charge is 0.148 e. The first-order valence-electron chi connectivity index (χ1n) is 10.5. The molecule has 25 heavy (non-hydrogen) atoms. The Bertz CT molecular complexity index is 521. The van der Waals surface area contributed by atoms with E-state index >= 15 is 0 Å². The molecule has 3 heteroatoms. The Morgan fingerprint density at radius 1 is 1.00 bits per heavy atom. The molecule has 1 aliphatic rings. The highest BCUT2D eigenvalue weighted by atomic mass is 14.9. The Morgan fingerprint density at radius 3 is 2.24 bits per heavy atom. The second kappa shape index (κ2) is 10.5. The Kier molecular flexibility index (Phi) is 8.38. The fraction of sp³-hybridized carbons (Fsp3) is 0.773. The maximum Gasteiger partial charge on any atom is 0.148 e. The molecule has 0 spiro atoms. The summed E-state index contributed by atoms with van der Waals surface area (Å²) < 4.78 is 0. The molecule has 0 bridgehead atoms. The van der Waals surface area contributed by atoms with Crippen LogP contribution in [0, 0.1) is 17.2 Å². The largest absolute Gasteiger partial charge is 0.239 e. The van der Waals surface area contributed by atoms with E-state index in [9.17, 15) is 5.26 Å². The summed E-state index contributed by atoms with van der Waals surface area (Å²) in [5, 5.41) is 9.82. The lowest BCUT2D eigenvalue weighted by Gasteiger charge is -2.33. The molecule has 0 aliphatic heterocycles. The number of unbranched alkanes of at least 4 members (excludes halogenated alkanes) is 5. The molecule has 1 aromatic heterocycles. The zero-order chi connectivity index (χ0) is 18.0. The fourth-order valence-corrected chi connectivity index (χ4v) is 4.00. The van der Waals surface area contributed by atoms with Crippen LogP contribution >= 0.6 is 0 Å². The quantitative estimate of drug-likeness (QED) is 0.481. The van der Waals surface area contributed by atoms with Crippen LogP contribution in [0.2, 0.25) is 0 Å². The normalized spacial score (nSPS) is 23.3. The molecule has 1 aliphatic carbocycles. The van der Waals surface area contributed by atoms with Gasteiger partial charge in [0.1, 0.15) is 11.2 Å². The molecule has 138 valence electrons. The highest BCUT2D eigenvalue weighted by Gasteiger charge is 2.39. The van der Waals surface area contributed by atoms with E-state index in [0.29, 0.717) is 0 Å². The minimum absolute atomic E-state index is 0.442. The summed E-state index contributed by atoms with van der Waals surface area (Å²) >= 11 is 0. The SMILES string of the molecule is CCCCCCCc1cnc(C2(C#N)CCC(CCCC)CC2)nc1. The van der Waals surface area contributed by atoms with Gasteiger partial charge in [0.05, 0.1) is 6.07 Å². The number of rotatable bonds is 10. The van der Waals surface area contributed by atoms with Gasteiger partial charge >= 0.3 is 0 Å². The van der Waals surface area contributed by atoms with Crippen molar-refractivity contribution in [2.24, 2.45) is 5.92 Å². The number of nitriles is 1. The van der Waals surface area contributed by atoms with E-state index in [2.05, 4.69) is 29.9 Å². The average Bonchev–Trinajstić information content (AvgIpc) is 2.67.